The Morgan fingerprint density at radius 2 is 1.94 bits per heavy atom. The number of hydrogen-bond donors (Lipinski definition) is 3. The summed E-state index contributed by atoms with van der Waals surface area (Å²) in [5.41, 5.74) is 1.79. The highest BCUT2D eigenvalue weighted by Crippen LogP contribution is 2.26. The fourth-order valence-corrected chi connectivity index (χ4v) is 2.02. The van der Waals surface area contributed by atoms with Crippen molar-refractivity contribution in [1.82, 2.24) is 10.2 Å². The summed E-state index contributed by atoms with van der Waals surface area (Å²) in [5.74, 6) is -0.383. The zero-order valence-corrected chi connectivity index (χ0v) is 10.0. The lowest BCUT2D eigenvalue weighted by Gasteiger charge is -2.09. The van der Waals surface area contributed by atoms with Gasteiger partial charge in [0, 0.05) is 17.7 Å². The molecule has 4 nitrogen and oxygen atoms in total. The van der Waals surface area contributed by atoms with E-state index in [1.54, 1.807) is 12.1 Å². The molecular formula is C13H15FN2O2. The first-order valence-electron chi connectivity index (χ1n) is 5.80. The quantitative estimate of drug-likeness (QED) is 0.776. The highest BCUT2D eigenvalue weighted by Gasteiger charge is 2.17. The van der Waals surface area contributed by atoms with Crippen LogP contribution >= 0.6 is 0 Å². The van der Waals surface area contributed by atoms with Crippen molar-refractivity contribution in [3.8, 4) is 11.3 Å². The topological polar surface area (TPSA) is 68.9 Å². The molecule has 0 aliphatic rings. The lowest BCUT2D eigenvalue weighted by Crippen LogP contribution is -2.10. The molecule has 1 aromatic heterocycles. The maximum Gasteiger partial charge on any atom is 0.267 e. The van der Waals surface area contributed by atoms with Gasteiger partial charge in [-0.15, -0.1) is 0 Å². The fourth-order valence-electron chi connectivity index (χ4n) is 2.02. The summed E-state index contributed by atoms with van der Waals surface area (Å²) in [6.07, 6.45) is 0.509. The fraction of sp³-hybridized carbons (Fsp3) is 0.308. The van der Waals surface area contributed by atoms with Crippen molar-refractivity contribution >= 4 is 0 Å². The largest absolute Gasteiger partial charge is 0.396 e. The van der Waals surface area contributed by atoms with E-state index in [2.05, 4.69) is 10.2 Å². The van der Waals surface area contributed by atoms with Crippen LogP contribution in [0.2, 0.25) is 0 Å². The zero-order valence-electron chi connectivity index (χ0n) is 10.0. The molecule has 96 valence electrons. The lowest BCUT2D eigenvalue weighted by molar-refractivity contribution is 0.278. The van der Waals surface area contributed by atoms with Gasteiger partial charge >= 0.3 is 0 Å². The van der Waals surface area contributed by atoms with E-state index < -0.39 is 0 Å². The van der Waals surface area contributed by atoms with Crippen LogP contribution in [0.4, 0.5) is 4.39 Å². The molecular weight excluding hydrogens is 235 g/mol. The van der Waals surface area contributed by atoms with Crippen LogP contribution in [0.25, 0.3) is 11.3 Å². The van der Waals surface area contributed by atoms with Gasteiger partial charge in [0.05, 0.1) is 5.69 Å². The van der Waals surface area contributed by atoms with Crippen LogP contribution < -0.4 is 5.56 Å². The van der Waals surface area contributed by atoms with Crippen molar-refractivity contribution in [3.05, 3.63) is 46.0 Å². The molecule has 0 saturated carbocycles. The van der Waals surface area contributed by atoms with Gasteiger partial charge in [-0.3, -0.25) is 15.0 Å². The minimum atomic E-state index is -0.318. The number of halogens is 1. The van der Waals surface area contributed by atoms with E-state index in [1.165, 1.54) is 12.1 Å². The molecule has 2 aromatic rings. The van der Waals surface area contributed by atoms with Gasteiger partial charge in [0.1, 0.15) is 5.82 Å². The molecule has 5 heteroatoms. The van der Waals surface area contributed by atoms with Gasteiger partial charge < -0.3 is 5.11 Å². The number of H-pyrrole nitrogens is 2. The molecule has 0 aliphatic heterocycles. The normalized spacial score (nSPS) is 12.6. The molecule has 0 saturated heterocycles. The number of hydrogen-bond acceptors (Lipinski definition) is 2. The van der Waals surface area contributed by atoms with Crippen LogP contribution in [0.3, 0.4) is 0 Å². The predicted molar refractivity (Wildman–Crippen MR) is 66.9 cm³/mol. The summed E-state index contributed by atoms with van der Waals surface area (Å²) in [6, 6.07) is 5.93. The summed E-state index contributed by atoms with van der Waals surface area (Å²) in [6.45, 7) is 1.90. The van der Waals surface area contributed by atoms with Crippen molar-refractivity contribution in [1.29, 1.82) is 0 Å². The third-order valence-electron chi connectivity index (χ3n) is 3.00. The summed E-state index contributed by atoms with van der Waals surface area (Å²) in [4.78, 5) is 11.8. The summed E-state index contributed by atoms with van der Waals surface area (Å²) in [7, 11) is 0. The van der Waals surface area contributed by atoms with E-state index in [4.69, 9.17) is 5.11 Å². The average Bonchev–Trinajstić information content (AvgIpc) is 2.72. The molecule has 1 heterocycles. The SMILES string of the molecule is CC(CCO)c1c(-c2ccc(F)cc2)[nH][nH]c1=O. The second-order valence-corrected chi connectivity index (χ2v) is 4.29. The Balaban J connectivity index is 2.45. The van der Waals surface area contributed by atoms with E-state index in [-0.39, 0.29) is 23.9 Å². The Hall–Kier alpha value is -1.88. The van der Waals surface area contributed by atoms with Crippen molar-refractivity contribution in [3.63, 3.8) is 0 Å². The number of nitrogens with one attached hydrogen (secondary N) is 2. The van der Waals surface area contributed by atoms with Crippen molar-refractivity contribution in [2.75, 3.05) is 6.61 Å². The maximum absolute atomic E-state index is 12.9. The van der Waals surface area contributed by atoms with Gasteiger partial charge in [-0.2, -0.15) is 0 Å². The summed E-state index contributed by atoms with van der Waals surface area (Å²) < 4.78 is 12.9. The van der Waals surface area contributed by atoms with Crippen LogP contribution in [0.15, 0.2) is 29.1 Å². The number of aromatic amines is 2. The molecule has 3 N–H and O–H groups in total. The molecule has 1 aromatic carbocycles. The monoisotopic (exact) mass is 250 g/mol. The van der Waals surface area contributed by atoms with Crippen LogP contribution in [0, 0.1) is 5.82 Å². The van der Waals surface area contributed by atoms with Crippen molar-refractivity contribution < 1.29 is 9.50 Å². The maximum atomic E-state index is 12.9. The highest BCUT2D eigenvalue weighted by molar-refractivity contribution is 5.63. The van der Waals surface area contributed by atoms with E-state index in [9.17, 15) is 9.18 Å². The van der Waals surface area contributed by atoms with Crippen molar-refractivity contribution in [2.45, 2.75) is 19.3 Å². The number of rotatable bonds is 4. The third kappa shape index (κ3) is 2.36. The average molecular weight is 250 g/mol. The van der Waals surface area contributed by atoms with Gasteiger partial charge in [0.25, 0.3) is 5.56 Å². The molecule has 1 atom stereocenters. The minimum absolute atomic E-state index is 0.0225. The van der Waals surface area contributed by atoms with Gasteiger partial charge in [0.2, 0.25) is 0 Å². The summed E-state index contributed by atoms with van der Waals surface area (Å²) >= 11 is 0. The van der Waals surface area contributed by atoms with Crippen LogP contribution in [0.5, 0.6) is 0 Å². The number of aromatic nitrogens is 2. The Morgan fingerprint density at radius 3 is 2.56 bits per heavy atom. The van der Waals surface area contributed by atoms with Crippen LogP contribution in [-0.4, -0.2) is 21.9 Å². The number of aliphatic hydroxyl groups excluding tert-OH is 1. The molecule has 0 aliphatic carbocycles. The van der Waals surface area contributed by atoms with E-state index in [1.807, 2.05) is 6.92 Å². The van der Waals surface area contributed by atoms with Gasteiger partial charge in [-0.05, 0) is 36.6 Å². The molecule has 1 unspecified atom stereocenters. The highest BCUT2D eigenvalue weighted by atomic mass is 19.1. The smallest absolute Gasteiger partial charge is 0.267 e. The second kappa shape index (κ2) is 5.18. The molecule has 0 fully saturated rings. The Labute approximate surface area is 103 Å². The molecule has 18 heavy (non-hydrogen) atoms. The Bertz CT molecular complexity index is 571. The Morgan fingerprint density at radius 1 is 1.28 bits per heavy atom. The summed E-state index contributed by atoms with van der Waals surface area (Å²) in [5, 5.41) is 14.3. The molecule has 2 rings (SSSR count). The standard InChI is InChI=1S/C13H15FN2O2/c1-8(6-7-17)11-12(15-16-13(11)18)9-2-4-10(14)5-3-9/h2-5,8,17H,6-7H2,1H3,(H2,15,16,18). The van der Waals surface area contributed by atoms with E-state index in [0.717, 1.165) is 5.56 Å². The first kappa shape index (κ1) is 12.6. The van der Waals surface area contributed by atoms with Gasteiger partial charge in [-0.1, -0.05) is 6.92 Å². The zero-order chi connectivity index (χ0) is 13.1. The number of aliphatic hydroxyl groups is 1. The van der Waals surface area contributed by atoms with Gasteiger partial charge in [0.15, 0.2) is 0 Å². The lowest BCUT2D eigenvalue weighted by atomic mass is 9.95. The van der Waals surface area contributed by atoms with Crippen LogP contribution in [0.1, 0.15) is 24.8 Å². The predicted octanol–water partition coefficient (Wildman–Crippen LogP) is 1.99. The first-order valence-corrected chi connectivity index (χ1v) is 5.80. The van der Waals surface area contributed by atoms with Gasteiger partial charge in [-0.25, -0.2) is 4.39 Å². The van der Waals surface area contributed by atoms with E-state index >= 15 is 0 Å². The van der Waals surface area contributed by atoms with Crippen LogP contribution in [-0.2, 0) is 0 Å². The minimum Gasteiger partial charge on any atom is -0.396 e. The first-order chi connectivity index (χ1) is 8.63. The number of benzene rings is 1. The molecule has 0 bridgehead atoms. The van der Waals surface area contributed by atoms with E-state index in [0.29, 0.717) is 17.7 Å². The third-order valence-corrected chi connectivity index (χ3v) is 3.00. The molecule has 0 spiro atoms. The molecule has 0 radical (unpaired) electrons. The molecule has 0 amide bonds. The second-order valence-electron chi connectivity index (χ2n) is 4.29. The Kier molecular flexibility index (Phi) is 3.62. The van der Waals surface area contributed by atoms with Crippen molar-refractivity contribution in [2.24, 2.45) is 0 Å².